The van der Waals surface area contributed by atoms with Gasteiger partial charge < -0.3 is 10.7 Å². The van der Waals surface area contributed by atoms with Crippen LogP contribution < -0.4 is 10.6 Å². The summed E-state index contributed by atoms with van der Waals surface area (Å²) in [6.07, 6.45) is 0.471. The largest absolute Gasteiger partial charge is 0.344 e. The molecule has 0 spiro atoms. The van der Waals surface area contributed by atoms with Crippen molar-refractivity contribution >= 4 is 11.7 Å². The normalized spacial score (nSPS) is 19.8. The van der Waals surface area contributed by atoms with E-state index in [0.717, 1.165) is 11.3 Å². The number of aromatic amines is 1. The van der Waals surface area contributed by atoms with Crippen molar-refractivity contribution in [1.82, 2.24) is 4.98 Å². The molecular formula is C12H16N4O. The van der Waals surface area contributed by atoms with Crippen molar-refractivity contribution in [2.24, 2.45) is 11.7 Å². The summed E-state index contributed by atoms with van der Waals surface area (Å²) in [7, 11) is 0. The summed E-state index contributed by atoms with van der Waals surface area (Å²) in [6.45, 7) is 4.89. The molecule has 1 aliphatic rings. The number of amides is 1. The van der Waals surface area contributed by atoms with Gasteiger partial charge in [0, 0.05) is 18.7 Å². The summed E-state index contributed by atoms with van der Waals surface area (Å²) in [4.78, 5) is 16.6. The number of aryl methyl sites for hydroxylation is 1. The van der Waals surface area contributed by atoms with Crippen LogP contribution >= 0.6 is 0 Å². The van der Waals surface area contributed by atoms with Crippen LogP contribution in [0.25, 0.3) is 0 Å². The first-order valence-electron chi connectivity index (χ1n) is 5.68. The minimum absolute atomic E-state index is 0.0400. The molecule has 3 N–H and O–H groups in total. The molecule has 1 fully saturated rings. The van der Waals surface area contributed by atoms with Gasteiger partial charge in [0.1, 0.15) is 11.9 Å². The third-order valence-electron chi connectivity index (χ3n) is 3.40. The van der Waals surface area contributed by atoms with Gasteiger partial charge in [-0.05, 0) is 31.9 Å². The second-order valence-electron chi connectivity index (χ2n) is 4.52. The highest BCUT2D eigenvalue weighted by molar-refractivity contribution is 5.96. The Morgan fingerprint density at radius 3 is 2.82 bits per heavy atom. The van der Waals surface area contributed by atoms with Gasteiger partial charge in [-0.2, -0.15) is 5.26 Å². The van der Waals surface area contributed by atoms with E-state index in [1.54, 1.807) is 4.90 Å². The topological polar surface area (TPSA) is 85.9 Å². The maximum atomic E-state index is 11.9. The lowest BCUT2D eigenvalue weighted by Crippen LogP contribution is -2.26. The average Bonchev–Trinajstić information content (AvgIpc) is 2.81. The highest BCUT2D eigenvalue weighted by Gasteiger charge is 2.32. The van der Waals surface area contributed by atoms with E-state index >= 15 is 0 Å². The van der Waals surface area contributed by atoms with E-state index in [-0.39, 0.29) is 11.8 Å². The molecule has 1 aliphatic heterocycles. The van der Waals surface area contributed by atoms with E-state index in [1.165, 1.54) is 0 Å². The zero-order valence-corrected chi connectivity index (χ0v) is 10.1. The molecule has 2 rings (SSSR count). The quantitative estimate of drug-likeness (QED) is 0.791. The molecule has 2 heterocycles. The van der Waals surface area contributed by atoms with Crippen LogP contribution in [0.3, 0.4) is 0 Å². The Morgan fingerprint density at radius 1 is 1.59 bits per heavy atom. The number of hydrogen-bond donors (Lipinski definition) is 2. The van der Waals surface area contributed by atoms with Gasteiger partial charge in [0.2, 0.25) is 5.91 Å². The van der Waals surface area contributed by atoms with Gasteiger partial charge in [0.25, 0.3) is 0 Å². The van der Waals surface area contributed by atoms with Crippen molar-refractivity contribution in [2.75, 3.05) is 18.0 Å². The molecular weight excluding hydrogens is 216 g/mol. The van der Waals surface area contributed by atoms with Crippen LogP contribution in [0.5, 0.6) is 0 Å². The van der Waals surface area contributed by atoms with Crippen molar-refractivity contribution in [3.05, 3.63) is 16.8 Å². The van der Waals surface area contributed by atoms with Crippen molar-refractivity contribution in [3.8, 4) is 6.07 Å². The van der Waals surface area contributed by atoms with Crippen LogP contribution in [0, 0.1) is 31.1 Å². The molecule has 90 valence electrons. The molecule has 0 saturated carbocycles. The van der Waals surface area contributed by atoms with E-state index in [0.29, 0.717) is 30.9 Å². The number of nitrogens with one attached hydrogen (secondary N) is 1. The number of rotatable bonds is 2. The van der Waals surface area contributed by atoms with E-state index in [4.69, 9.17) is 11.0 Å². The standard InChI is InChI=1S/C12H16N4O/c1-7-8(2)15-12(10(7)5-14)16-6-9(4-13)3-11(16)17/h9,15H,3-4,6,13H2,1-2H3. The number of carbonyl (C=O) groups excluding carboxylic acids is 1. The van der Waals surface area contributed by atoms with Crippen molar-refractivity contribution in [3.63, 3.8) is 0 Å². The zero-order valence-electron chi connectivity index (χ0n) is 10.1. The highest BCUT2D eigenvalue weighted by Crippen LogP contribution is 2.29. The molecule has 1 aromatic heterocycles. The molecule has 1 atom stereocenters. The summed E-state index contributed by atoms with van der Waals surface area (Å²) in [5.41, 5.74) is 7.99. The predicted molar refractivity (Wildman–Crippen MR) is 64.5 cm³/mol. The Labute approximate surface area is 100 Å². The number of aromatic nitrogens is 1. The molecule has 5 nitrogen and oxygen atoms in total. The maximum absolute atomic E-state index is 11.9. The lowest BCUT2D eigenvalue weighted by atomic mass is 10.1. The Morgan fingerprint density at radius 2 is 2.29 bits per heavy atom. The fourth-order valence-electron chi connectivity index (χ4n) is 2.19. The minimum atomic E-state index is 0.0400. The summed E-state index contributed by atoms with van der Waals surface area (Å²) in [5, 5.41) is 9.15. The fourth-order valence-corrected chi connectivity index (χ4v) is 2.19. The minimum Gasteiger partial charge on any atom is -0.344 e. The van der Waals surface area contributed by atoms with Gasteiger partial charge in [-0.25, -0.2) is 0 Å². The number of hydrogen-bond acceptors (Lipinski definition) is 3. The van der Waals surface area contributed by atoms with Crippen LogP contribution in [0.2, 0.25) is 0 Å². The molecule has 17 heavy (non-hydrogen) atoms. The monoisotopic (exact) mass is 232 g/mol. The smallest absolute Gasteiger partial charge is 0.228 e. The second-order valence-corrected chi connectivity index (χ2v) is 4.52. The number of nitrogens with two attached hydrogens (primary N) is 1. The molecule has 0 aliphatic carbocycles. The molecule has 1 aromatic rings. The third kappa shape index (κ3) is 1.81. The molecule has 5 heteroatoms. The highest BCUT2D eigenvalue weighted by atomic mass is 16.2. The van der Waals surface area contributed by atoms with Gasteiger partial charge in [-0.3, -0.25) is 9.69 Å². The number of carbonyl (C=O) groups is 1. The van der Waals surface area contributed by atoms with Gasteiger partial charge in [0.05, 0.1) is 5.56 Å². The van der Waals surface area contributed by atoms with Crippen LogP contribution in [-0.2, 0) is 4.79 Å². The van der Waals surface area contributed by atoms with E-state index in [9.17, 15) is 4.79 Å². The molecule has 0 radical (unpaired) electrons. The van der Waals surface area contributed by atoms with Gasteiger partial charge in [0.15, 0.2) is 0 Å². The molecule has 1 amide bonds. The van der Waals surface area contributed by atoms with Gasteiger partial charge in [-0.1, -0.05) is 0 Å². The van der Waals surface area contributed by atoms with Crippen LogP contribution in [0.4, 0.5) is 5.82 Å². The van der Waals surface area contributed by atoms with Crippen LogP contribution in [-0.4, -0.2) is 24.0 Å². The van der Waals surface area contributed by atoms with E-state index in [2.05, 4.69) is 11.1 Å². The average molecular weight is 232 g/mol. The fraction of sp³-hybridized carbons (Fsp3) is 0.500. The molecule has 1 saturated heterocycles. The maximum Gasteiger partial charge on any atom is 0.228 e. The number of nitrogens with zero attached hydrogens (tertiary/aromatic N) is 2. The molecule has 0 bridgehead atoms. The SMILES string of the molecule is Cc1[nH]c(N2CC(CN)CC2=O)c(C#N)c1C. The van der Waals surface area contributed by atoms with Crippen LogP contribution in [0.15, 0.2) is 0 Å². The van der Waals surface area contributed by atoms with E-state index in [1.807, 2.05) is 13.8 Å². The number of H-pyrrole nitrogens is 1. The molecule has 1 unspecified atom stereocenters. The van der Waals surface area contributed by atoms with Crippen molar-refractivity contribution < 1.29 is 4.79 Å². The van der Waals surface area contributed by atoms with Crippen molar-refractivity contribution in [1.29, 1.82) is 5.26 Å². The summed E-state index contributed by atoms with van der Waals surface area (Å²) in [5.74, 6) is 0.861. The number of anilines is 1. The van der Waals surface area contributed by atoms with Crippen LogP contribution in [0.1, 0.15) is 23.2 Å². The Balaban J connectivity index is 2.39. The second kappa shape index (κ2) is 4.22. The summed E-state index contributed by atoms with van der Waals surface area (Å²) in [6, 6.07) is 2.16. The first-order chi connectivity index (χ1) is 8.08. The van der Waals surface area contributed by atoms with Crippen molar-refractivity contribution in [2.45, 2.75) is 20.3 Å². The zero-order chi connectivity index (χ0) is 12.6. The predicted octanol–water partition coefficient (Wildman–Crippen LogP) is 0.815. The third-order valence-corrected chi connectivity index (χ3v) is 3.40. The Kier molecular flexibility index (Phi) is 2.90. The Hall–Kier alpha value is -1.80. The van der Waals surface area contributed by atoms with Gasteiger partial charge >= 0.3 is 0 Å². The number of nitriles is 1. The first-order valence-corrected chi connectivity index (χ1v) is 5.68. The van der Waals surface area contributed by atoms with Gasteiger partial charge in [-0.15, -0.1) is 0 Å². The first kappa shape index (κ1) is 11.7. The summed E-state index contributed by atoms with van der Waals surface area (Å²) >= 11 is 0. The molecule has 0 aromatic carbocycles. The van der Waals surface area contributed by atoms with E-state index < -0.39 is 0 Å². The lowest BCUT2D eigenvalue weighted by molar-refractivity contribution is -0.117. The lowest BCUT2D eigenvalue weighted by Gasteiger charge is -2.15. The Bertz CT molecular complexity index is 497. The summed E-state index contributed by atoms with van der Waals surface area (Å²) < 4.78 is 0.